The number of rotatable bonds is 3. The summed E-state index contributed by atoms with van der Waals surface area (Å²) in [5.41, 5.74) is 8.42. The Balaban J connectivity index is 1.40. The molecule has 0 radical (unpaired) electrons. The van der Waals surface area contributed by atoms with Crippen LogP contribution in [0.25, 0.3) is 75.5 Å². The third-order valence-corrected chi connectivity index (χ3v) is 9.09. The summed E-state index contributed by atoms with van der Waals surface area (Å²) in [5, 5.41) is 24.7. The largest absolute Gasteiger partial charge is 0.456 e. The maximum atomic E-state index is 10.5. The molecule has 8 rings (SSSR count). The van der Waals surface area contributed by atoms with Crippen molar-refractivity contribution in [1.82, 2.24) is 0 Å². The van der Waals surface area contributed by atoms with Crippen LogP contribution in [0.1, 0.15) is 11.1 Å². The van der Waals surface area contributed by atoms with Gasteiger partial charge in [-0.15, -0.1) is 11.3 Å². The Morgan fingerprint density at radius 1 is 0.500 bits per heavy atom. The van der Waals surface area contributed by atoms with Gasteiger partial charge in [0.25, 0.3) is 0 Å². The summed E-state index contributed by atoms with van der Waals surface area (Å²) >= 11 is 1.77. The van der Waals surface area contributed by atoms with E-state index in [-0.39, 0.29) is 0 Å². The molecule has 0 aliphatic rings. The molecule has 0 bridgehead atoms. The normalized spacial score (nSPS) is 11.3. The second-order valence-corrected chi connectivity index (χ2v) is 11.5. The van der Waals surface area contributed by atoms with E-state index in [2.05, 4.69) is 72.8 Å². The molecule has 194 valence electrons. The summed E-state index contributed by atoms with van der Waals surface area (Å²) in [6, 6.07) is 45.6. The highest BCUT2D eigenvalue weighted by Gasteiger charge is 2.18. The van der Waals surface area contributed by atoms with Crippen molar-refractivity contribution < 1.29 is 4.42 Å². The predicted molar refractivity (Wildman–Crippen MR) is 172 cm³/mol. The van der Waals surface area contributed by atoms with Crippen molar-refractivity contribution in [1.29, 1.82) is 10.5 Å². The van der Waals surface area contributed by atoms with E-state index in [4.69, 9.17) is 4.42 Å². The van der Waals surface area contributed by atoms with Crippen LogP contribution in [0.5, 0.6) is 0 Å². The first kappa shape index (κ1) is 24.1. The van der Waals surface area contributed by atoms with Gasteiger partial charge in [0, 0.05) is 36.5 Å². The van der Waals surface area contributed by atoms with Gasteiger partial charge in [0.15, 0.2) is 0 Å². The molecular formula is C38H20N2OS. The topological polar surface area (TPSA) is 60.7 Å². The summed E-state index contributed by atoms with van der Waals surface area (Å²) < 4.78 is 8.51. The van der Waals surface area contributed by atoms with Crippen LogP contribution in [-0.2, 0) is 0 Å². The van der Waals surface area contributed by atoms with E-state index in [0.29, 0.717) is 11.1 Å². The molecule has 0 amide bonds. The minimum atomic E-state index is 0.577. The van der Waals surface area contributed by atoms with Gasteiger partial charge in [0.1, 0.15) is 11.2 Å². The van der Waals surface area contributed by atoms with Crippen LogP contribution >= 0.6 is 11.3 Å². The fourth-order valence-electron chi connectivity index (χ4n) is 5.98. The first-order chi connectivity index (χ1) is 20.7. The van der Waals surface area contributed by atoms with Crippen LogP contribution in [0, 0.1) is 22.7 Å². The fraction of sp³-hybridized carbons (Fsp3) is 0. The molecule has 2 aromatic heterocycles. The molecule has 2 heterocycles. The Hall–Kier alpha value is -5.68. The second kappa shape index (κ2) is 9.46. The molecule has 0 aliphatic carbocycles. The molecule has 0 atom stereocenters. The third-order valence-electron chi connectivity index (χ3n) is 7.94. The third kappa shape index (κ3) is 3.79. The number of hydrogen-bond acceptors (Lipinski definition) is 4. The Kier molecular flexibility index (Phi) is 5.44. The van der Waals surface area contributed by atoms with Crippen molar-refractivity contribution in [2.24, 2.45) is 0 Å². The number of para-hydroxylation sites is 1. The lowest BCUT2D eigenvalue weighted by atomic mass is 9.86. The second-order valence-electron chi connectivity index (χ2n) is 10.4. The number of benzene rings is 6. The van der Waals surface area contributed by atoms with Crippen molar-refractivity contribution in [3.05, 3.63) is 132 Å². The predicted octanol–water partition coefficient (Wildman–Crippen LogP) is 10.7. The number of furan rings is 1. The molecule has 0 spiro atoms. The quantitative estimate of drug-likeness (QED) is 0.219. The summed E-state index contributed by atoms with van der Waals surface area (Å²) in [6.45, 7) is 0. The highest BCUT2D eigenvalue weighted by atomic mass is 32.1. The molecule has 6 aromatic carbocycles. The van der Waals surface area contributed by atoms with Crippen LogP contribution in [-0.4, -0.2) is 0 Å². The first-order valence-corrected chi connectivity index (χ1v) is 14.4. The number of thiophene rings is 1. The minimum absolute atomic E-state index is 0.577. The zero-order valence-corrected chi connectivity index (χ0v) is 23.1. The Labute approximate surface area is 245 Å². The van der Waals surface area contributed by atoms with Crippen LogP contribution in [0.15, 0.2) is 126 Å². The Morgan fingerprint density at radius 3 is 2.14 bits per heavy atom. The Morgan fingerprint density at radius 2 is 1.26 bits per heavy atom. The van der Waals surface area contributed by atoms with Gasteiger partial charge >= 0.3 is 0 Å². The van der Waals surface area contributed by atoms with E-state index in [1.807, 2.05) is 54.6 Å². The summed E-state index contributed by atoms with van der Waals surface area (Å²) in [6.07, 6.45) is 0. The standard InChI is InChI=1S/C38H20N2OS/c39-21-23-6-5-7-25(16-23)31-20-27(24-12-14-35-32(18-24)29-8-1-3-10-34(29)41-35)17-28(22-40)38(31)26-13-15-37-33(19-26)30-9-2-4-11-36(30)42-37/h1-20H. The van der Waals surface area contributed by atoms with E-state index < -0.39 is 0 Å². The minimum Gasteiger partial charge on any atom is -0.456 e. The molecule has 4 heteroatoms. The molecule has 0 unspecified atom stereocenters. The van der Waals surface area contributed by atoms with Gasteiger partial charge in [-0.3, -0.25) is 0 Å². The van der Waals surface area contributed by atoms with Crippen LogP contribution in [0.3, 0.4) is 0 Å². The Bertz CT molecular complexity index is 2450. The maximum Gasteiger partial charge on any atom is 0.135 e. The van der Waals surface area contributed by atoms with Gasteiger partial charge in [-0.1, -0.05) is 60.7 Å². The lowest BCUT2D eigenvalue weighted by Crippen LogP contribution is -1.93. The average molecular weight is 553 g/mol. The van der Waals surface area contributed by atoms with Crippen LogP contribution in [0.4, 0.5) is 0 Å². The molecule has 42 heavy (non-hydrogen) atoms. The number of fused-ring (bicyclic) bond motifs is 6. The SMILES string of the molecule is N#Cc1cccc(-c2cc(-c3ccc4oc5ccccc5c4c3)cc(C#N)c2-c2ccc3sc4ccccc4c3c2)c1. The highest BCUT2D eigenvalue weighted by molar-refractivity contribution is 7.25. The summed E-state index contributed by atoms with van der Waals surface area (Å²) in [5.74, 6) is 0. The highest BCUT2D eigenvalue weighted by Crippen LogP contribution is 2.43. The van der Waals surface area contributed by atoms with Crippen LogP contribution in [0.2, 0.25) is 0 Å². The summed E-state index contributed by atoms with van der Waals surface area (Å²) in [4.78, 5) is 0. The molecule has 0 N–H and O–H groups in total. The van der Waals surface area contributed by atoms with E-state index in [1.54, 1.807) is 17.4 Å². The molecule has 8 aromatic rings. The monoisotopic (exact) mass is 552 g/mol. The van der Waals surface area contributed by atoms with Crippen molar-refractivity contribution in [3.63, 3.8) is 0 Å². The van der Waals surface area contributed by atoms with Crippen molar-refractivity contribution in [2.45, 2.75) is 0 Å². The van der Waals surface area contributed by atoms with Crippen LogP contribution < -0.4 is 0 Å². The van der Waals surface area contributed by atoms with Gasteiger partial charge in [-0.25, -0.2) is 0 Å². The molecule has 0 saturated carbocycles. The molecule has 0 fully saturated rings. The van der Waals surface area contributed by atoms with E-state index in [9.17, 15) is 10.5 Å². The lowest BCUT2D eigenvalue weighted by molar-refractivity contribution is 0.669. The van der Waals surface area contributed by atoms with Gasteiger partial charge in [0.05, 0.1) is 23.3 Å². The van der Waals surface area contributed by atoms with Gasteiger partial charge in [-0.05, 0) is 88.5 Å². The molecule has 0 saturated heterocycles. The average Bonchev–Trinajstić information content (AvgIpc) is 3.61. The molecule has 3 nitrogen and oxygen atoms in total. The number of nitriles is 2. The van der Waals surface area contributed by atoms with Crippen molar-refractivity contribution in [2.75, 3.05) is 0 Å². The van der Waals surface area contributed by atoms with Gasteiger partial charge in [0.2, 0.25) is 0 Å². The van der Waals surface area contributed by atoms with Gasteiger partial charge in [-0.2, -0.15) is 10.5 Å². The zero-order chi connectivity index (χ0) is 28.2. The summed E-state index contributed by atoms with van der Waals surface area (Å²) in [7, 11) is 0. The van der Waals surface area contributed by atoms with Crippen molar-refractivity contribution >= 4 is 53.4 Å². The fourth-order valence-corrected chi connectivity index (χ4v) is 7.07. The smallest absolute Gasteiger partial charge is 0.135 e. The number of hydrogen-bond donors (Lipinski definition) is 0. The number of nitrogens with zero attached hydrogens (tertiary/aromatic N) is 2. The maximum absolute atomic E-state index is 10.5. The first-order valence-electron chi connectivity index (χ1n) is 13.6. The van der Waals surface area contributed by atoms with E-state index in [0.717, 1.165) is 55.3 Å². The molecular weight excluding hydrogens is 532 g/mol. The molecule has 0 aliphatic heterocycles. The van der Waals surface area contributed by atoms with Crippen molar-refractivity contribution in [3.8, 4) is 45.5 Å². The lowest BCUT2D eigenvalue weighted by Gasteiger charge is -2.16. The van der Waals surface area contributed by atoms with Gasteiger partial charge < -0.3 is 4.42 Å². The zero-order valence-electron chi connectivity index (χ0n) is 22.3. The van der Waals surface area contributed by atoms with E-state index >= 15 is 0 Å². The van der Waals surface area contributed by atoms with E-state index in [1.165, 1.54) is 20.2 Å².